The molecule has 1 aliphatic heterocycles. The average Bonchev–Trinajstić information content (AvgIpc) is 2.62. The van der Waals surface area contributed by atoms with Gasteiger partial charge in [-0.25, -0.2) is 4.79 Å². The molecule has 0 bridgehead atoms. The Labute approximate surface area is 105 Å². The van der Waals surface area contributed by atoms with Gasteiger partial charge in [-0.1, -0.05) is 31.4 Å². The molecule has 0 radical (unpaired) electrons. The number of amides is 1. The van der Waals surface area contributed by atoms with Gasteiger partial charge >= 0.3 is 5.97 Å². The molecule has 92 valence electrons. The van der Waals surface area contributed by atoms with E-state index in [0.717, 1.165) is 6.08 Å². The Kier molecular flexibility index (Phi) is 2.79. The maximum atomic E-state index is 12.3. The Morgan fingerprint density at radius 2 is 2.06 bits per heavy atom. The number of hydrogen-bond donors (Lipinski definition) is 0. The van der Waals surface area contributed by atoms with Crippen molar-refractivity contribution in [3.05, 3.63) is 55.1 Å². The van der Waals surface area contributed by atoms with E-state index in [1.807, 2.05) is 6.07 Å². The molecule has 1 unspecified atom stereocenters. The van der Waals surface area contributed by atoms with Crippen molar-refractivity contribution in [3.8, 4) is 0 Å². The molecule has 1 aromatic carbocycles. The fraction of sp³-hybridized carbons (Fsp3) is 0.143. The molecule has 0 spiro atoms. The number of esters is 1. The summed E-state index contributed by atoms with van der Waals surface area (Å²) in [6.07, 6.45) is 2.37. The Hall–Kier alpha value is -2.36. The van der Waals surface area contributed by atoms with Gasteiger partial charge in [0.2, 0.25) is 5.60 Å². The number of rotatable bonds is 3. The summed E-state index contributed by atoms with van der Waals surface area (Å²) in [6, 6.07) is 7.14. The van der Waals surface area contributed by atoms with E-state index in [-0.39, 0.29) is 5.91 Å². The van der Waals surface area contributed by atoms with Crippen molar-refractivity contribution >= 4 is 17.6 Å². The smallest absolute Gasteiger partial charge is 0.331 e. The molecule has 0 aromatic heterocycles. The van der Waals surface area contributed by atoms with Gasteiger partial charge in [-0.2, -0.15) is 0 Å². The van der Waals surface area contributed by atoms with E-state index in [1.54, 1.807) is 25.2 Å². The van der Waals surface area contributed by atoms with E-state index in [1.165, 1.54) is 11.0 Å². The molecule has 1 amide bonds. The van der Waals surface area contributed by atoms with Crippen molar-refractivity contribution in [2.75, 3.05) is 11.9 Å². The highest BCUT2D eigenvalue weighted by Crippen LogP contribution is 2.42. The number of carbonyl (C=O) groups is 2. The van der Waals surface area contributed by atoms with Crippen LogP contribution in [-0.2, 0) is 19.9 Å². The quantitative estimate of drug-likeness (QED) is 0.462. The SMILES string of the molecule is C=CC(=O)OC1(C=C)C(=O)N(C)c2ccccc21. The Bertz CT molecular complexity index is 550. The minimum Gasteiger partial charge on any atom is -0.436 e. The van der Waals surface area contributed by atoms with Crippen LogP contribution in [0.4, 0.5) is 5.69 Å². The van der Waals surface area contributed by atoms with Crippen LogP contribution in [0.2, 0.25) is 0 Å². The predicted molar refractivity (Wildman–Crippen MR) is 68.0 cm³/mol. The third-order valence-electron chi connectivity index (χ3n) is 3.00. The minimum absolute atomic E-state index is 0.339. The summed E-state index contributed by atoms with van der Waals surface area (Å²) in [4.78, 5) is 25.2. The first-order chi connectivity index (χ1) is 8.56. The molecule has 1 aromatic rings. The van der Waals surface area contributed by atoms with Crippen molar-refractivity contribution in [1.29, 1.82) is 0 Å². The molecule has 0 saturated heterocycles. The number of likely N-dealkylation sites (N-methyl/N-ethyl adjacent to an activating group) is 1. The number of para-hydroxylation sites is 1. The number of carbonyl (C=O) groups excluding carboxylic acids is 2. The first-order valence-corrected chi connectivity index (χ1v) is 5.43. The maximum Gasteiger partial charge on any atom is 0.331 e. The molecule has 4 nitrogen and oxygen atoms in total. The normalized spacial score (nSPS) is 21.4. The van der Waals surface area contributed by atoms with Crippen LogP contribution in [0.5, 0.6) is 0 Å². The van der Waals surface area contributed by atoms with E-state index in [0.29, 0.717) is 11.3 Å². The highest BCUT2D eigenvalue weighted by molar-refractivity contribution is 6.09. The highest BCUT2D eigenvalue weighted by atomic mass is 16.6. The number of anilines is 1. The molecule has 1 aliphatic rings. The van der Waals surface area contributed by atoms with Crippen LogP contribution < -0.4 is 4.90 Å². The molecule has 2 rings (SSSR count). The fourth-order valence-corrected chi connectivity index (χ4v) is 2.09. The third-order valence-corrected chi connectivity index (χ3v) is 3.00. The summed E-state index contributed by atoms with van der Waals surface area (Å²) in [5.74, 6) is -0.998. The zero-order valence-corrected chi connectivity index (χ0v) is 10.1. The summed E-state index contributed by atoms with van der Waals surface area (Å²) in [7, 11) is 1.63. The molecular formula is C14H13NO3. The van der Waals surface area contributed by atoms with Crippen molar-refractivity contribution in [2.45, 2.75) is 5.60 Å². The van der Waals surface area contributed by atoms with E-state index in [2.05, 4.69) is 13.2 Å². The second-order valence-corrected chi connectivity index (χ2v) is 3.95. The first-order valence-electron chi connectivity index (χ1n) is 5.43. The first kappa shape index (κ1) is 12.1. The zero-order valence-electron chi connectivity index (χ0n) is 10.1. The maximum absolute atomic E-state index is 12.3. The van der Waals surface area contributed by atoms with Gasteiger partial charge in [0, 0.05) is 18.7 Å². The third kappa shape index (κ3) is 1.46. The van der Waals surface area contributed by atoms with Gasteiger partial charge in [-0.05, 0) is 12.1 Å². The van der Waals surface area contributed by atoms with Crippen molar-refractivity contribution < 1.29 is 14.3 Å². The number of ether oxygens (including phenoxy) is 1. The summed E-state index contributed by atoms with van der Waals surface area (Å²) in [6.45, 7) is 6.96. The van der Waals surface area contributed by atoms with Crippen LogP contribution in [0, 0.1) is 0 Å². The van der Waals surface area contributed by atoms with E-state index in [4.69, 9.17) is 4.74 Å². The summed E-state index contributed by atoms with van der Waals surface area (Å²) >= 11 is 0. The summed E-state index contributed by atoms with van der Waals surface area (Å²) in [5.41, 5.74) is -0.127. The lowest BCUT2D eigenvalue weighted by atomic mass is 9.95. The van der Waals surface area contributed by atoms with E-state index >= 15 is 0 Å². The topological polar surface area (TPSA) is 46.6 Å². The monoisotopic (exact) mass is 243 g/mol. The second kappa shape index (κ2) is 4.14. The number of fused-ring (bicyclic) bond motifs is 1. The second-order valence-electron chi connectivity index (χ2n) is 3.95. The largest absolute Gasteiger partial charge is 0.436 e. The van der Waals surface area contributed by atoms with Gasteiger partial charge < -0.3 is 9.64 Å². The molecule has 0 saturated carbocycles. The van der Waals surface area contributed by atoms with Crippen molar-refractivity contribution in [1.82, 2.24) is 0 Å². The lowest BCUT2D eigenvalue weighted by molar-refractivity contribution is -0.157. The molecule has 1 atom stereocenters. The van der Waals surface area contributed by atoms with Crippen LogP contribution in [0.1, 0.15) is 5.56 Å². The van der Waals surface area contributed by atoms with E-state index in [9.17, 15) is 9.59 Å². The zero-order chi connectivity index (χ0) is 13.3. The van der Waals surface area contributed by atoms with Gasteiger partial charge in [0.15, 0.2) is 0 Å². The van der Waals surface area contributed by atoms with Gasteiger partial charge in [0.05, 0.1) is 5.69 Å². The lowest BCUT2D eigenvalue weighted by Crippen LogP contribution is -2.40. The molecule has 0 fully saturated rings. The Morgan fingerprint density at radius 1 is 1.39 bits per heavy atom. The van der Waals surface area contributed by atoms with Gasteiger partial charge in [0.25, 0.3) is 5.91 Å². The van der Waals surface area contributed by atoms with Crippen LogP contribution in [0.15, 0.2) is 49.6 Å². The van der Waals surface area contributed by atoms with Crippen LogP contribution >= 0.6 is 0 Å². The van der Waals surface area contributed by atoms with Crippen LogP contribution in [0.25, 0.3) is 0 Å². The van der Waals surface area contributed by atoms with E-state index < -0.39 is 11.6 Å². The van der Waals surface area contributed by atoms with Crippen LogP contribution in [0.3, 0.4) is 0 Å². The summed E-state index contributed by atoms with van der Waals surface area (Å²) in [5, 5.41) is 0. The number of benzene rings is 1. The fourth-order valence-electron chi connectivity index (χ4n) is 2.09. The van der Waals surface area contributed by atoms with Crippen molar-refractivity contribution in [3.63, 3.8) is 0 Å². The average molecular weight is 243 g/mol. The van der Waals surface area contributed by atoms with Gasteiger partial charge in [-0.3, -0.25) is 4.79 Å². The van der Waals surface area contributed by atoms with Crippen LogP contribution in [-0.4, -0.2) is 18.9 Å². The molecule has 0 aliphatic carbocycles. The minimum atomic E-state index is -1.45. The van der Waals surface area contributed by atoms with Crippen molar-refractivity contribution in [2.24, 2.45) is 0 Å². The standard InChI is InChI=1S/C14H13NO3/c1-4-12(16)18-14(5-2)10-8-6-7-9-11(10)15(3)13(14)17/h4-9H,1-2H2,3H3. The Balaban J connectivity index is 2.60. The van der Waals surface area contributed by atoms with Gasteiger partial charge in [-0.15, -0.1) is 0 Å². The predicted octanol–water partition coefficient (Wildman–Crippen LogP) is 1.77. The molecule has 18 heavy (non-hydrogen) atoms. The summed E-state index contributed by atoms with van der Waals surface area (Å²) < 4.78 is 5.24. The van der Waals surface area contributed by atoms with Gasteiger partial charge in [0.1, 0.15) is 0 Å². The molecular weight excluding hydrogens is 230 g/mol. The molecule has 1 heterocycles. The molecule has 0 N–H and O–H groups in total. The number of hydrogen-bond acceptors (Lipinski definition) is 3. The number of nitrogens with zero attached hydrogens (tertiary/aromatic N) is 1. The highest BCUT2D eigenvalue weighted by Gasteiger charge is 2.50. The lowest BCUT2D eigenvalue weighted by Gasteiger charge is -2.23. The Morgan fingerprint density at radius 3 is 2.67 bits per heavy atom. The molecule has 4 heteroatoms.